The average molecular weight is 462 g/mol. The van der Waals surface area contributed by atoms with Crippen LogP contribution in [0.5, 0.6) is 11.5 Å². The Morgan fingerprint density at radius 3 is 2.44 bits per heavy atom. The van der Waals surface area contributed by atoms with Crippen molar-refractivity contribution in [1.82, 2.24) is 10.6 Å². The minimum Gasteiger partial charge on any atom is -0.493 e. The van der Waals surface area contributed by atoms with E-state index < -0.39 is 16.9 Å². The normalized spacial score (nSPS) is 12.4. The van der Waals surface area contributed by atoms with Gasteiger partial charge >= 0.3 is 0 Å². The molecule has 2 unspecified atom stereocenters. The van der Waals surface area contributed by atoms with Gasteiger partial charge in [-0.25, -0.2) is 0 Å². The predicted octanol–water partition coefficient (Wildman–Crippen LogP) is 3.34. The lowest BCUT2D eigenvalue weighted by atomic mass is 10.1. The van der Waals surface area contributed by atoms with E-state index in [0.29, 0.717) is 23.7 Å². The summed E-state index contributed by atoms with van der Waals surface area (Å²) in [5, 5.41) is 16.6. The van der Waals surface area contributed by atoms with E-state index in [4.69, 9.17) is 9.47 Å². The molecule has 172 valence electrons. The molecule has 0 radical (unpaired) electrons. The van der Waals surface area contributed by atoms with Crippen molar-refractivity contribution in [3.8, 4) is 11.5 Å². The van der Waals surface area contributed by atoms with E-state index in [0.717, 1.165) is 5.56 Å². The topological polar surface area (TPSA) is 120 Å². The molecule has 0 saturated carbocycles. The second-order valence-electron chi connectivity index (χ2n) is 6.96. The standard InChI is InChI=1S/C22H27N3O6S/c1-14(15-8-9-19(30-2)20(13-15)31-3)23-22(27)18(10-11-32-4)24-21(26)16-6-5-7-17(12-16)25(28)29/h5-9,12-14,18H,10-11H2,1-4H3,(H,23,27)(H,24,26). The van der Waals surface area contributed by atoms with Gasteiger partial charge in [0.15, 0.2) is 11.5 Å². The number of amides is 2. The molecule has 0 aliphatic carbocycles. The first-order valence-electron chi connectivity index (χ1n) is 9.87. The summed E-state index contributed by atoms with van der Waals surface area (Å²) >= 11 is 1.55. The molecule has 9 nitrogen and oxygen atoms in total. The number of non-ortho nitro benzene ring substituents is 1. The zero-order valence-corrected chi connectivity index (χ0v) is 19.2. The number of rotatable bonds is 11. The molecule has 0 aliphatic rings. The molecule has 32 heavy (non-hydrogen) atoms. The number of ether oxygens (including phenoxy) is 2. The highest BCUT2D eigenvalue weighted by molar-refractivity contribution is 7.98. The highest BCUT2D eigenvalue weighted by Gasteiger charge is 2.24. The average Bonchev–Trinajstić information content (AvgIpc) is 2.80. The Kier molecular flexibility index (Phi) is 9.33. The first-order valence-corrected chi connectivity index (χ1v) is 11.3. The Bertz CT molecular complexity index is 968. The minimum atomic E-state index is -0.795. The first kappa shape index (κ1) is 25.0. The lowest BCUT2D eigenvalue weighted by Gasteiger charge is -2.22. The molecule has 0 aliphatic heterocycles. The third-order valence-corrected chi connectivity index (χ3v) is 5.46. The summed E-state index contributed by atoms with van der Waals surface area (Å²) in [6, 6.07) is 9.61. The lowest BCUT2D eigenvalue weighted by Crippen LogP contribution is -2.47. The zero-order chi connectivity index (χ0) is 23.7. The minimum absolute atomic E-state index is 0.120. The van der Waals surface area contributed by atoms with Gasteiger partial charge in [0.2, 0.25) is 5.91 Å². The van der Waals surface area contributed by atoms with Crippen LogP contribution in [0.25, 0.3) is 0 Å². The third kappa shape index (κ3) is 6.61. The van der Waals surface area contributed by atoms with Crippen LogP contribution in [0.4, 0.5) is 5.69 Å². The van der Waals surface area contributed by atoms with Gasteiger partial charge in [0.1, 0.15) is 6.04 Å². The fourth-order valence-corrected chi connectivity index (χ4v) is 3.50. The Morgan fingerprint density at radius 2 is 1.81 bits per heavy atom. The molecular weight excluding hydrogens is 434 g/mol. The Balaban J connectivity index is 2.14. The van der Waals surface area contributed by atoms with Crippen molar-refractivity contribution < 1.29 is 24.0 Å². The van der Waals surface area contributed by atoms with Gasteiger partial charge in [0.05, 0.1) is 25.2 Å². The fraction of sp³-hybridized carbons (Fsp3) is 0.364. The number of nitrogens with zero attached hydrogens (tertiary/aromatic N) is 1. The number of carbonyl (C=O) groups is 2. The van der Waals surface area contributed by atoms with E-state index in [1.807, 2.05) is 19.2 Å². The van der Waals surface area contributed by atoms with Crippen molar-refractivity contribution >= 4 is 29.3 Å². The van der Waals surface area contributed by atoms with Gasteiger partial charge in [-0.05, 0) is 49.1 Å². The quantitative estimate of drug-likeness (QED) is 0.389. The van der Waals surface area contributed by atoms with Crippen LogP contribution in [0.15, 0.2) is 42.5 Å². The SMILES string of the molecule is COc1ccc(C(C)NC(=O)C(CCSC)NC(=O)c2cccc([N+](=O)[O-])c2)cc1OC. The van der Waals surface area contributed by atoms with Gasteiger partial charge < -0.3 is 20.1 Å². The number of benzene rings is 2. The van der Waals surface area contributed by atoms with Gasteiger partial charge in [0.25, 0.3) is 11.6 Å². The lowest BCUT2D eigenvalue weighted by molar-refractivity contribution is -0.384. The molecule has 2 aromatic rings. The third-order valence-electron chi connectivity index (χ3n) is 4.82. The number of carbonyl (C=O) groups excluding carboxylic acids is 2. The van der Waals surface area contributed by atoms with Crippen LogP contribution < -0.4 is 20.1 Å². The number of thioether (sulfide) groups is 1. The summed E-state index contributed by atoms with van der Waals surface area (Å²) in [6.07, 6.45) is 2.32. The number of methoxy groups -OCH3 is 2. The number of nitro benzene ring substituents is 1. The summed E-state index contributed by atoms with van der Waals surface area (Å²) in [7, 11) is 3.08. The molecule has 0 saturated heterocycles. The highest BCUT2D eigenvalue weighted by atomic mass is 32.2. The fourth-order valence-electron chi connectivity index (χ4n) is 3.03. The molecule has 0 heterocycles. The summed E-state index contributed by atoms with van der Waals surface area (Å²) in [4.78, 5) is 36.0. The predicted molar refractivity (Wildman–Crippen MR) is 123 cm³/mol. The largest absolute Gasteiger partial charge is 0.493 e. The molecule has 2 rings (SSSR count). The molecule has 0 fully saturated rings. The van der Waals surface area contributed by atoms with E-state index in [9.17, 15) is 19.7 Å². The maximum Gasteiger partial charge on any atom is 0.270 e. The van der Waals surface area contributed by atoms with Crippen molar-refractivity contribution in [1.29, 1.82) is 0 Å². The highest BCUT2D eigenvalue weighted by Crippen LogP contribution is 2.30. The van der Waals surface area contributed by atoms with Crippen molar-refractivity contribution in [2.24, 2.45) is 0 Å². The van der Waals surface area contributed by atoms with E-state index >= 15 is 0 Å². The zero-order valence-electron chi connectivity index (χ0n) is 18.4. The van der Waals surface area contributed by atoms with Gasteiger partial charge in [0, 0.05) is 17.7 Å². The Labute approximate surface area is 191 Å². The van der Waals surface area contributed by atoms with Gasteiger partial charge in [-0.1, -0.05) is 12.1 Å². The van der Waals surface area contributed by atoms with Gasteiger partial charge in [-0.15, -0.1) is 0 Å². The maximum atomic E-state index is 13.0. The molecular formula is C22H27N3O6S. The van der Waals surface area contributed by atoms with Crippen molar-refractivity contribution in [2.45, 2.75) is 25.4 Å². The first-order chi connectivity index (χ1) is 15.3. The van der Waals surface area contributed by atoms with Crippen molar-refractivity contribution in [3.63, 3.8) is 0 Å². The van der Waals surface area contributed by atoms with Crippen LogP contribution in [0, 0.1) is 10.1 Å². The number of nitrogens with one attached hydrogen (secondary N) is 2. The molecule has 0 bridgehead atoms. The van der Waals surface area contributed by atoms with E-state index in [1.165, 1.54) is 31.4 Å². The number of nitro groups is 1. The van der Waals surface area contributed by atoms with Crippen LogP contribution in [0.1, 0.15) is 35.3 Å². The Hall–Kier alpha value is -3.27. The summed E-state index contributed by atoms with van der Waals surface area (Å²) in [5.41, 5.74) is 0.739. The van der Waals surface area contributed by atoms with Crippen LogP contribution in [-0.2, 0) is 4.79 Å². The van der Waals surface area contributed by atoms with E-state index in [1.54, 1.807) is 31.0 Å². The van der Waals surface area contributed by atoms with E-state index in [-0.39, 0.29) is 23.2 Å². The molecule has 2 N–H and O–H groups in total. The van der Waals surface area contributed by atoms with Crippen LogP contribution >= 0.6 is 11.8 Å². The number of hydrogen-bond donors (Lipinski definition) is 2. The van der Waals surface area contributed by atoms with Gasteiger partial charge in [-0.3, -0.25) is 19.7 Å². The second kappa shape index (κ2) is 11.9. The van der Waals surface area contributed by atoms with Crippen LogP contribution in [0.3, 0.4) is 0 Å². The second-order valence-corrected chi connectivity index (χ2v) is 7.95. The summed E-state index contributed by atoms with van der Waals surface area (Å²) < 4.78 is 10.6. The molecule has 2 aromatic carbocycles. The smallest absolute Gasteiger partial charge is 0.270 e. The maximum absolute atomic E-state index is 13.0. The molecule has 2 amide bonds. The van der Waals surface area contributed by atoms with Crippen molar-refractivity contribution in [3.05, 3.63) is 63.7 Å². The molecule has 2 atom stereocenters. The monoisotopic (exact) mass is 461 g/mol. The van der Waals surface area contributed by atoms with E-state index in [2.05, 4.69) is 10.6 Å². The van der Waals surface area contributed by atoms with Crippen LogP contribution in [-0.4, -0.2) is 49.0 Å². The van der Waals surface area contributed by atoms with Crippen molar-refractivity contribution in [2.75, 3.05) is 26.2 Å². The van der Waals surface area contributed by atoms with Crippen LogP contribution in [0.2, 0.25) is 0 Å². The molecule has 10 heteroatoms. The summed E-state index contributed by atoms with van der Waals surface area (Å²) in [6.45, 7) is 1.83. The molecule has 0 aromatic heterocycles. The van der Waals surface area contributed by atoms with Gasteiger partial charge in [-0.2, -0.15) is 11.8 Å². The Morgan fingerprint density at radius 1 is 1.09 bits per heavy atom. The molecule has 0 spiro atoms. The number of hydrogen-bond acceptors (Lipinski definition) is 7. The summed E-state index contributed by atoms with van der Waals surface area (Å²) in [5.74, 6) is 0.882.